The van der Waals surface area contributed by atoms with Crippen molar-refractivity contribution in [1.82, 2.24) is 25.7 Å². The monoisotopic (exact) mass is 430 g/mol. The molecule has 8 nitrogen and oxygen atoms in total. The zero-order valence-corrected chi connectivity index (χ0v) is 19.2. The number of hydrogen-bond acceptors (Lipinski definition) is 8. The van der Waals surface area contributed by atoms with Crippen LogP contribution in [0.4, 0.5) is 5.82 Å². The normalized spacial score (nSPS) is 35.2. The number of ether oxygens (including phenoxy) is 2. The van der Waals surface area contributed by atoms with E-state index in [0.717, 1.165) is 63.6 Å². The Balaban J connectivity index is 1.25. The first-order chi connectivity index (χ1) is 15.0. The molecule has 4 unspecified atom stereocenters. The van der Waals surface area contributed by atoms with Gasteiger partial charge in [0, 0.05) is 57.4 Å². The van der Waals surface area contributed by atoms with E-state index in [0.29, 0.717) is 24.1 Å². The molecule has 1 aromatic heterocycles. The fraction of sp³-hybridized carbons (Fsp3) is 0.826. The highest BCUT2D eigenvalue weighted by Gasteiger charge is 2.46. The Labute approximate surface area is 186 Å². The second-order valence-electron chi connectivity index (χ2n) is 10.2. The zero-order chi connectivity index (χ0) is 21.4. The summed E-state index contributed by atoms with van der Waals surface area (Å²) in [5.74, 6) is 1.55. The van der Waals surface area contributed by atoms with Crippen molar-refractivity contribution < 1.29 is 9.47 Å². The minimum Gasteiger partial charge on any atom is -0.383 e. The molecule has 8 heteroatoms. The lowest BCUT2D eigenvalue weighted by Crippen LogP contribution is -2.53. The van der Waals surface area contributed by atoms with Crippen LogP contribution in [0.15, 0.2) is 12.4 Å². The van der Waals surface area contributed by atoms with Gasteiger partial charge < -0.3 is 14.4 Å². The SMILES string of the molecule is COCCN1CCN(c2cc(C3NNC4CCC(OC5(C)CC5)CC43)ncn2)C[C@H]1C. The molecular weight excluding hydrogens is 392 g/mol. The van der Waals surface area contributed by atoms with E-state index in [1.807, 2.05) is 0 Å². The van der Waals surface area contributed by atoms with Crippen molar-refractivity contribution in [1.29, 1.82) is 0 Å². The summed E-state index contributed by atoms with van der Waals surface area (Å²) < 4.78 is 11.7. The van der Waals surface area contributed by atoms with Crippen molar-refractivity contribution in [3.8, 4) is 0 Å². The lowest BCUT2D eigenvalue weighted by molar-refractivity contribution is -0.0500. The summed E-state index contributed by atoms with van der Waals surface area (Å²) in [4.78, 5) is 14.2. The van der Waals surface area contributed by atoms with Crippen molar-refractivity contribution in [2.45, 2.75) is 75.8 Å². The van der Waals surface area contributed by atoms with Gasteiger partial charge in [-0.2, -0.15) is 0 Å². The Morgan fingerprint density at radius 3 is 2.84 bits per heavy atom. The van der Waals surface area contributed by atoms with E-state index in [-0.39, 0.29) is 11.6 Å². The van der Waals surface area contributed by atoms with E-state index in [2.05, 4.69) is 50.5 Å². The van der Waals surface area contributed by atoms with Crippen molar-refractivity contribution >= 4 is 5.82 Å². The maximum absolute atomic E-state index is 6.44. The van der Waals surface area contributed by atoms with Crippen LogP contribution < -0.4 is 15.8 Å². The van der Waals surface area contributed by atoms with Crippen molar-refractivity contribution in [3.63, 3.8) is 0 Å². The maximum Gasteiger partial charge on any atom is 0.132 e. The third-order valence-corrected chi connectivity index (χ3v) is 7.77. The number of nitrogens with one attached hydrogen (secondary N) is 2. The average molecular weight is 431 g/mol. The van der Waals surface area contributed by atoms with Gasteiger partial charge in [-0.05, 0) is 46.0 Å². The molecule has 4 fully saturated rings. The first-order valence-electron chi connectivity index (χ1n) is 12.0. The summed E-state index contributed by atoms with van der Waals surface area (Å²) in [7, 11) is 1.77. The van der Waals surface area contributed by atoms with E-state index in [1.54, 1.807) is 13.4 Å². The van der Waals surface area contributed by atoms with Crippen molar-refractivity contribution in [2.75, 3.05) is 44.8 Å². The van der Waals surface area contributed by atoms with Crippen molar-refractivity contribution in [2.24, 2.45) is 5.92 Å². The van der Waals surface area contributed by atoms with E-state index in [9.17, 15) is 0 Å². The first kappa shape index (κ1) is 21.5. The molecule has 2 N–H and O–H groups in total. The van der Waals surface area contributed by atoms with Crippen LogP contribution in [0.3, 0.4) is 0 Å². The molecule has 0 spiro atoms. The molecule has 0 amide bonds. The Morgan fingerprint density at radius 2 is 2.06 bits per heavy atom. The molecule has 3 heterocycles. The van der Waals surface area contributed by atoms with Gasteiger partial charge in [-0.3, -0.25) is 10.3 Å². The summed E-state index contributed by atoms with van der Waals surface area (Å²) in [6.45, 7) is 9.33. The number of hydrogen-bond donors (Lipinski definition) is 2. The van der Waals surface area contributed by atoms with Gasteiger partial charge in [-0.15, -0.1) is 0 Å². The lowest BCUT2D eigenvalue weighted by Gasteiger charge is -2.40. The molecule has 4 aliphatic rings. The third-order valence-electron chi connectivity index (χ3n) is 7.77. The Hall–Kier alpha value is -1.32. The molecule has 2 aliphatic carbocycles. The van der Waals surface area contributed by atoms with Crippen LogP contribution in [0.1, 0.15) is 57.7 Å². The third kappa shape index (κ3) is 4.73. The van der Waals surface area contributed by atoms with Crippen molar-refractivity contribution in [3.05, 3.63) is 18.1 Å². The Morgan fingerprint density at radius 1 is 1.19 bits per heavy atom. The number of nitrogens with zero attached hydrogens (tertiary/aromatic N) is 4. The molecule has 2 saturated heterocycles. The zero-order valence-electron chi connectivity index (χ0n) is 19.2. The minimum absolute atomic E-state index is 0.149. The molecule has 5 rings (SSSR count). The van der Waals surface area contributed by atoms with Crippen LogP contribution in [0.2, 0.25) is 0 Å². The summed E-state index contributed by atoms with van der Waals surface area (Å²) in [6, 6.07) is 3.40. The van der Waals surface area contributed by atoms with Gasteiger partial charge in [0.05, 0.1) is 30.0 Å². The molecule has 0 radical (unpaired) electrons. The Bertz CT molecular complexity index is 759. The highest BCUT2D eigenvalue weighted by atomic mass is 16.5. The van der Waals surface area contributed by atoms with E-state index < -0.39 is 0 Å². The molecule has 0 bridgehead atoms. The molecule has 2 aliphatic heterocycles. The quantitative estimate of drug-likeness (QED) is 0.679. The van der Waals surface area contributed by atoms with Crippen LogP contribution in [0.5, 0.6) is 0 Å². The van der Waals surface area contributed by atoms with Crippen LogP contribution >= 0.6 is 0 Å². The molecule has 5 atom stereocenters. The van der Waals surface area contributed by atoms with Crippen LogP contribution in [-0.4, -0.2) is 78.6 Å². The summed E-state index contributed by atoms with van der Waals surface area (Å²) >= 11 is 0. The topological polar surface area (TPSA) is 74.8 Å². The summed E-state index contributed by atoms with van der Waals surface area (Å²) in [6.07, 6.45) is 7.95. The molecular formula is C23H38N6O2. The minimum atomic E-state index is 0.149. The number of anilines is 1. The largest absolute Gasteiger partial charge is 0.383 e. The number of aromatic nitrogens is 2. The molecule has 31 heavy (non-hydrogen) atoms. The van der Waals surface area contributed by atoms with Crippen LogP contribution in [0, 0.1) is 5.92 Å². The van der Waals surface area contributed by atoms with Crippen LogP contribution in [0.25, 0.3) is 0 Å². The molecule has 0 aromatic carbocycles. The summed E-state index contributed by atoms with van der Waals surface area (Å²) in [5.41, 5.74) is 8.33. The maximum atomic E-state index is 6.44. The smallest absolute Gasteiger partial charge is 0.132 e. The number of hydrazine groups is 1. The standard InChI is InChI=1S/C23H38N6O2/c1-16-14-29(9-8-28(16)10-11-30-3)21-13-20(24-15-25-21)22-18-12-17(31-23(2)6-7-23)4-5-19(18)26-27-22/h13,15-19,22,26-27H,4-12,14H2,1-3H3/t16-,17?,18?,19?,22?/m1/s1. The molecule has 2 saturated carbocycles. The molecule has 172 valence electrons. The number of methoxy groups -OCH3 is 1. The molecule has 1 aromatic rings. The average Bonchev–Trinajstić information content (AvgIpc) is 3.35. The lowest BCUT2D eigenvalue weighted by atomic mass is 9.79. The van der Waals surface area contributed by atoms with Gasteiger partial charge in [0.2, 0.25) is 0 Å². The predicted molar refractivity (Wildman–Crippen MR) is 120 cm³/mol. The number of fused-ring (bicyclic) bond motifs is 1. The van der Waals surface area contributed by atoms with Crippen LogP contribution in [-0.2, 0) is 9.47 Å². The number of rotatable bonds is 7. The highest BCUT2D eigenvalue weighted by Crippen LogP contribution is 2.45. The number of piperazine rings is 1. The van der Waals surface area contributed by atoms with Gasteiger partial charge in [0.1, 0.15) is 12.1 Å². The highest BCUT2D eigenvalue weighted by molar-refractivity contribution is 5.41. The van der Waals surface area contributed by atoms with Gasteiger partial charge in [-0.1, -0.05) is 0 Å². The Kier molecular flexibility index (Phi) is 6.18. The van der Waals surface area contributed by atoms with Gasteiger partial charge in [-0.25, -0.2) is 15.4 Å². The second-order valence-corrected chi connectivity index (χ2v) is 10.2. The van der Waals surface area contributed by atoms with Gasteiger partial charge in [0.15, 0.2) is 0 Å². The second kappa shape index (κ2) is 8.90. The summed E-state index contributed by atoms with van der Waals surface area (Å²) in [5, 5.41) is 0. The first-order valence-corrected chi connectivity index (χ1v) is 12.0. The van der Waals surface area contributed by atoms with E-state index in [1.165, 1.54) is 12.8 Å². The van der Waals surface area contributed by atoms with E-state index in [4.69, 9.17) is 9.47 Å². The fourth-order valence-electron chi connectivity index (χ4n) is 5.56. The predicted octanol–water partition coefficient (Wildman–Crippen LogP) is 1.89. The van der Waals surface area contributed by atoms with Gasteiger partial charge >= 0.3 is 0 Å². The van der Waals surface area contributed by atoms with Gasteiger partial charge in [0.25, 0.3) is 0 Å². The van der Waals surface area contributed by atoms with E-state index >= 15 is 0 Å². The fourth-order valence-corrected chi connectivity index (χ4v) is 5.56.